The third-order valence-electron chi connectivity index (χ3n) is 5.95. The predicted octanol–water partition coefficient (Wildman–Crippen LogP) is 3.88. The molecule has 0 radical (unpaired) electrons. The average molecular weight is 420 g/mol. The van der Waals surface area contributed by atoms with Gasteiger partial charge in [-0.3, -0.25) is 14.5 Å². The van der Waals surface area contributed by atoms with E-state index in [1.807, 2.05) is 17.7 Å². The van der Waals surface area contributed by atoms with Crippen molar-refractivity contribution in [2.75, 3.05) is 0 Å². The van der Waals surface area contributed by atoms with Crippen LogP contribution < -0.4 is 0 Å². The monoisotopic (exact) mass is 419 g/mol. The van der Waals surface area contributed by atoms with E-state index < -0.39 is 12.0 Å². The molecule has 162 valence electrons. The minimum absolute atomic E-state index is 0.0620. The van der Waals surface area contributed by atoms with Crippen molar-refractivity contribution in [1.29, 1.82) is 0 Å². The SMILES string of the molecule is Cc1ncc(C(CC(=O)O)n2nccc2CCCc2ccc3c(n2)CCCCC3)cn1. The Morgan fingerprint density at radius 2 is 1.90 bits per heavy atom. The summed E-state index contributed by atoms with van der Waals surface area (Å²) in [7, 11) is 0. The number of hydrogen-bond acceptors (Lipinski definition) is 5. The van der Waals surface area contributed by atoms with E-state index in [1.165, 1.54) is 30.5 Å². The third-order valence-corrected chi connectivity index (χ3v) is 5.95. The molecular weight excluding hydrogens is 390 g/mol. The Morgan fingerprint density at radius 3 is 2.71 bits per heavy atom. The lowest BCUT2D eigenvalue weighted by atomic mass is 10.0. The zero-order valence-electron chi connectivity index (χ0n) is 18.0. The van der Waals surface area contributed by atoms with Crippen LogP contribution in [0.2, 0.25) is 0 Å². The van der Waals surface area contributed by atoms with Crippen LogP contribution in [0.1, 0.15) is 72.2 Å². The third kappa shape index (κ3) is 5.34. The molecule has 4 rings (SSSR count). The van der Waals surface area contributed by atoms with Crippen LogP contribution in [0.4, 0.5) is 0 Å². The van der Waals surface area contributed by atoms with Crippen LogP contribution in [0.15, 0.2) is 36.8 Å². The molecule has 7 nitrogen and oxygen atoms in total. The first-order chi connectivity index (χ1) is 15.1. The maximum atomic E-state index is 11.5. The number of fused-ring (bicyclic) bond motifs is 1. The maximum Gasteiger partial charge on any atom is 0.305 e. The highest BCUT2D eigenvalue weighted by atomic mass is 16.4. The smallest absolute Gasteiger partial charge is 0.305 e. The van der Waals surface area contributed by atoms with Crippen LogP contribution in [0.25, 0.3) is 0 Å². The molecule has 1 atom stereocenters. The van der Waals surface area contributed by atoms with Gasteiger partial charge in [0.15, 0.2) is 0 Å². The molecule has 1 aliphatic carbocycles. The Labute approximate surface area is 182 Å². The predicted molar refractivity (Wildman–Crippen MR) is 117 cm³/mol. The molecular formula is C24H29N5O2. The zero-order valence-corrected chi connectivity index (χ0v) is 18.0. The van der Waals surface area contributed by atoms with Crippen molar-refractivity contribution in [3.63, 3.8) is 0 Å². The van der Waals surface area contributed by atoms with Crippen LogP contribution in [-0.2, 0) is 30.5 Å². The molecule has 0 fully saturated rings. The topological polar surface area (TPSA) is 93.8 Å². The summed E-state index contributed by atoms with van der Waals surface area (Å²) in [6.07, 6.45) is 13.7. The van der Waals surface area contributed by atoms with Gasteiger partial charge in [-0.25, -0.2) is 9.97 Å². The van der Waals surface area contributed by atoms with Crippen molar-refractivity contribution in [1.82, 2.24) is 24.7 Å². The van der Waals surface area contributed by atoms with E-state index >= 15 is 0 Å². The number of carboxylic acid groups (broad SMARTS) is 1. The number of rotatable bonds is 8. The fourth-order valence-corrected chi connectivity index (χ4v) is 4.30. The molecule has 1 N–H and O–H groups in total. The normalized spacial score (nSPS) is 14.6. The Morgan fingerprint density at radius 1 is 1.10 bits per heavy atom. The summed E-state index contributed by atoms with van der Waals surface area (Å²) in [5, 5.41) is 13.9. The second-order valence-electron chi connectivity index (χ2n) is 8.27. The standard InChI is InChI=1S/C24H29N5O2/c1-17-25-15-19(16-26-17)23(14-24(30)31)29-21(12-13-27-29)8-5-7-20-11-10-18-6-3-2-4-9-22(18)28-20/h10-13,15-16,23H,2-9,14H2,1H3,(H,30,31). The van der Waals surface area contributed by atoms with Crippen LogP contribution in [-0.4, -0.2) is 35.8 Å². The average Bonchev–Trinajstić information content (AvgIpc) is 3.09. The lowest BCUT2D eigenvalue weighted by Crippen LogP contribution is -2.19. The number of aryl methyl sites for hydroxylation is 5. The van der Waals surface area contributed by atoms with Crippen molar-refractivity contribution in [2.24, 2.45) is 0 Å². The van der Waals surface area contributed by atoms with E-state index in [-0.39, 0.29) is 6.42 Å². The molecule has 0 saturated heterocycles. The Kier molecular flexibility index (Phi) is 6.70. The first kappa shape index (κ1) is 21.2. The van der Waals surface area contributed by atoms with Gasteiger partial charge in [-0.2, -0.15) is 5.10 Å². The number of pyridine rings is 1. The van der Waals surface area contributed by atoms with Crippen molar-refractivity contribution in [3.8, 4) is 0 Å². The number of aliphatic carboxylic acids is 1. The molecule has 0 amide bonds. The van der Waals surface area contributed by atoms with Gasteiger partial charge in [0.05, 0.1) is 12.5 Å². The van der Waals surface area contributed by atoms with E-state index in [2.05, 4.69) is 27.2 Å². The van der Waals surface area contributed by atoms with Gasteiger partial charge >= 0.3 is 5.97 Å². The number of hydrogen-bond donors (Lipinski definition) is 1. The number of aromatic nitrogens is 5. The molecule has 0 saturated carbocycles. The minimum atomic E-state index is -0.874. The van der Waals surface area contributed by atoms with Gasteiger partial charge in [-0.15, -0.1) is 0 Å². The van der Waals surface area contributed by atoms with Crippen molar-refractivity contribution in [3.05, 3.63) is 70.8 Å². The van der Waals surface area contributed by atoms with Crippen molar-refractivity contribution in [2.45, 2.75) is 70.8 Å². The second-order valence-corrected chi connectivity index (χ2v) is 8.27. The summed E-state index contributed by atoms with van der Waals surface area (Å²) in [6.45, 7) is 1.81. The van der Waals surface area contributed by atoms with Crippen LogP contribution in [0.5, 0.6) is 0 Å². The van der Waals surface area contributed by atoms with Crippen LogP contribution >= 0.6 is 0 Å². The first-order valence-corrected chi connectivity index (χ1v) is 11.1. The number of carbonyl (C=O) groups is 1. The second kappa shape index (κ2) is 9.81. The van der Waals surface area contributed by atoms with Gasteiger partial charge in [0.1, 0.15) is 5.82 Å². The van der Waals surface area contributed by atoms with E-state index in [4.69, 9.17) is 4.98 Å². The molecule has 3 aromatic rings. The van der Waals surface area contributed by atoms with Crippen molar-refractivity contribution >= 4 is 5.97 Å². The van der Waals surface area contributed by atoms with Gasteiger partial charge in [0.25, 0.3) is 0 Å². The molecule has 31 heavy (non-hydrogen) atoms. The Balaban J connectivity index is 1.45. The first-order valence-electron chi connectivity index (χ1n) is 11.1. The summed E-state index contributed by atoms with van der Waals surface area (Å²) in [6, 6.07) is 5.97. The molecule has 7 heteroatoms. The lowest BCUT2D eigenvalue weighted by Gasteiger charge is -2.18. The zero-order chi connectivity index (χ0) is 21.6. The minimum Gasteiger partial charge on any atom is -0.481 e. The molecule has 0 aliphatic heterocycles. The van der Waals surface area contributed by atoms with Gasteiger partial charge in [-0.1, -0.05) is 12.5 Å². The van der Waals surface area contributed by atoms with Crippen molar-refractivity contribution < 1.29 is 9.90 Å². The highest BCUT2D eigenvalue weighted by Gasteiger charge is 2.21. The highest BCUT2D eigenvalue weighted by Crippen LogP contribution is 2.24. The van der Waals surface area contributed by atoms with E-state index in [0.717, 1.165) is 49.1 Å². The van der Waals surface area contributed by atoms with Crippen LogP contribution in [0, 0.1) is 6.92 Å². The summed E-state index contributed by atoms with van der Waals surface area (Å²) in [5.74, 6) is -0.215. The molecule has 0 bridgehead atoms. The fourth-order valence-electron chi connectivity index (χ4n) is 4.30. The molecule has 3 aromatic heterocycles. The maximum absolute atomic E-state index is 11.5. The molecule has 1 unspecified atom stereocenters. The number of carboxylic acids is 1. The summed E-state index contributed by atoms with van der Waals surface area (Å²) in [5.41, 5.74) is 5.60. The van der Waals surface area contributed by atoms with Gasteiger partial charge < -0.3 is 5.11 Å². The largest absolute Gasteiger partial charge is 0.481 e. The fraction of sp³-hybridized carbons (Fsp3) is 0.458. The van der Waals surface area contributed by atoms with Gasteiger partial charge in [0, 0.05) is 41.2 Å². The van der Waals surface area contributed by atoms with Gasteiger partial charge in [0.2, 0.25) is 0 Å². The Hall–Kier alpha value is -3.09. The highest BCUT2D eigenvalue weighted by molar-refractivity contribution is 5.68. The number of nitrogens with zero attached hydrogens (tertiary/aromatic N) is 5. The molecule has 0 spiro atoms. The lowest BCUT2D eigenvalue weighted by molar-refractivity contribution is -0.137. The molecule has 1 aliphatic rings. The quantitative estimate of drug-likeness (QED) is 0.557. The van der Waals surface area contributed by atoms with E-state index in [1.54, 1.807) is 18.6 Å². The van der Waals surface area contributed by atoms with Gasteiger partial charge in [-0.05, 0) is 69.6 Å². The van der Waals surface area contributed by atoms with E-state index in [9.17, 15) is 9.90 Å². The summed E-state index contributed by atoms with van der Waals surface area (Å²) < 4.78 is 1.81. The summed E-state index contributed by atoms with van der Waals surface area (Å²) >= 11 is 0. The van der Waals surface area contributed by atoms with E-state index in [0.29, 0.717) is 5.82 Å². The Bertz CT molecular complexity index is 1030. The summed E-state index contributed by atoms with van der Waals surface area (Å²) in [4.78, 5) is 24.9. The van der Waals surface area contributed by atoms with Crippen LogP contribution in [0.3, 0.4) is 0 Å². The molecule has 0 aromatic carbocycles. The molecule has 3 heterocycles.